The number of ether oxygens (including phenoxy) is 6. The topological polar surface area (TPSA) is 163 Å². The highest BCUT2D eigenvalue weighted by atomic mass is 28.3. The number of amides is 4. The Morgan fingerprint density at radius 2 is 1.04 bits per heavy atom. The quantitative estimate of drug-likeness (QED) is 0.0556. The predicted octanol–water partition coefficient (Wildman–Crippen LogP) is 9.93. The van der Waals surface area contributed by atoms with E-state index < -0.39 is 28.2 Å². The zero-order chi connectivity index (χ0) is 52.9. The van der Waals surface area contributed by atoms with E-state index in [1.54, 1.807) is 51.2 Å². The molecule has 15 nitrogen and oxygen atoms in total. The first-order chi connectivity index (χ1) is 35.4. The Labute approximate surface area is 438 Å². The smallest absolute Gasteiger partial charge is 0.260 e. The highest BCUT2D eigenvalue weighted by Crippen LogP contribution is 2.43. The van der Waals surface area contributed by atoms with E-state index in [4.69, 9.17) is 34.2 Å². The second-order valence-electron chi connectivity index (χ2n) is 21.9. The molecule has 8 rings (SSSR count). The van der Waals surface area contributed by atoms with Gasteiger partial charge >= 0.3 is 0 Å². The molecule has 394 valence electrons. The number of carbonyl (C=O) groups is 4. The molecule has 0 fully saturated rings. The van der Waals surface area contributed by atoms with Crippen LogP contribution in [0.15, 0.2) is 85.2 Å². The van der Waals surface area contributed by atoms with E-state index in [0.717, 1.165) is 57.7 Å². The van der Waals surface area contributed by atoms with Gasteiger partial charge in [-0.1, -0.05) is 75.7 Å². The Morgan fingerprint density at radius 3 is 1.51 bits per heavy atom. The van der Waals surface area contributed by atoms with Crippen molar-refractivity contribution in [3.63, 3.8) is 0 Å². The summed E-state index contributed by atoms with van der Waals surface area (Å²) in [6.07, 6.45) is 6.47. The molecule has 4 aliphatic rings. The van der Waals surface area contributed by atoms with Crippen molar-refractivity contribution < 1.29 is 47.6 Å². The fraction of sp³-hybridized carbons (Fsp3) is 0.439. The molecule has 0 bridgehead atoms. The maximum atomic E-state index is 14.6. The first-order valence-corrected chi connectivity index (χ1v) is 33.2. The monoisotopic (exact) mass is 1040 g/mol. The molecule has 4 aromatic rings. The van der Waals surface area contributed by atoms with E-state index in [-0.39, 0.29) is 37.1 Å². The third-order valence-electron chi connectivity index (χ3n) is 14.0. The molecule has 4 aliphatic heterocycles. The van der Waals surface area contributed by atoms with Crippen LogP contribution in [0.1, 0.15) is 75.1 Å². The fourth-order valence-corrected chi connectivity index (χ4v) is 11.0. The first kappa shape index (κ1) is 54.0. The number of fused-ring (bicyclic) bond motifs is 4. The molecule has 4 amide bonds. The average molecular weight is 1040 g/mol. The molecule has 0 saturated carbocycles. The van der Waals surface area contributed by atoms with Crippen LogP contribution in [0.2, 0.25) is 51.4 Å². The number of methoxy groups -OCH3 is 2. The van der Waals surface area contributed by atoms with Crippen molar-refractivity contribution in [2.45, 2.75) is 109 Å². The van der Waals surface area contributed by atoms with E-state index in [1.165, 1.54) is 7.11 Å². The second-order valence-corrected chi connectivity index (χ2v) is 33.2. The summed E-state index contributed by atoms with van der Waals surface area (Å²) >= 11 is 0. The molecule has 17 heteroatoms. The third-order valence-corrected chi connectivity index (χ3v) is 17.4. The van der Waals surface area contributed by atoms with Gasteiger partial charge < -0.3 is 44.0 Å². The Kier molecular flexibility index (Phi) is 16.9. The summed E-state index contributed by atoms with van der Waals surface area (Å²) in [4.78, 5) is 64.2. The van der Waals surface area contributed by atoms with Gasteiger partial charge in [0.15, 0.2) is 11.5 Å². The van der Waals surface area contributed by atoms with Crippen LogP contribution in [0.25, 0.3) is 11.1 Å². The summed E-state index contributed by atoms with van der Waals surface area (Å²) in [5.41, 5.74) is 12.9. The number of hydrogen-bond acceptors (Lipinski definition) is 11. The summed E-state index contributed by atoms with van der Waals surface area (Å²) < 4.78 is 36.3. The summed E-state index contributed by atoms with van der Waals surface area (Å²) in [6.45, 7) is 17.8. The third kappa shape index (κ3) is 12.3. The van der Waals surface area contributed by atoms with Crippen molar-refractivity contribution in [1.82, 2.24) is 9.80 Å². The molecule has 0 aromatic heterocycles. The number of unbranched alkanes of at least 4 members (excludes halogenated alkanes) is 2. The van der Waals surface area contributed by atoms with Gasteiger partial charge in [0.2, 0.25) is 0 Å². The lowest BCUT2D eigenvalue weighted by molar-refractivity contribution is -0.123. The van der Waals surface area contributed by atoms with Gasteiger partial charge in [-0.25, -0.2) is 0 Å². The minimum absolute atomic E-state index is 0.0103. The van der Waals surface area contributed by atoms with Gasteiger partial charge in [-0.05, 0) is 95.9 Å². The molecular weight excluding hydrogens is 971 g/mol. The van der Waals surface area contributed by atoms with Crippen molar-refractivity contribution in [2.75, 3.05) is 63.9 Å². The second kappa shape index (κ2) is 23.1. The largest absolute Gasteiger partial charge is 0.497 e. The zero-order valence-electron chi connectivity index (χ0n) is 44.6. The van der Waals surface area contributed by atoms with Crippen LogP contribution in [0.3, 0.4) is 0 Å². The van der Waals surface area contributed by atoms with Crippen LogP contribution >= 0.6 is 0 Å². The molecule has 4 heterocycles. The van der Waals surface area contributed by atoms with Crippen LogP contribution < -0.4 is 34.5 Å². The van der Waals surface area contributed by atoms with Gasteiger partial charge in [-0.15, -0.1) is 0 Å². The maximum Gasteiger partial charge on any atom is 0.260 e. The van der Waals surface area contributed by atoms with Crippen molar-refractivity contribution in [3.8, 4) is 23.0 Å². The van der Waals surface area contributed by atoms with Gasteiger partial charge in [-0.2, -0.15) is 0 Å². The number of aryl methyl sites for hydroxylation is 1. The van der Waals surface area contributed by atoms with Gasteiger partial charge in [-0.3, -0.25) is 29.0 Å². The molecule has 0 spiro atoms. The summed E-state index contributed by atoms with van der Waals surface area (Å²) in [5.74, 6) is 1.12. The predicted molar refractivity (Wildman–Crippen MR) is 294 cm³/mol. The lowest BCUT2D eigenvalue weighted by atomic mass is 10.0. The van der Waals surface area contributed by atoms with Gasteiger partial charge in [0.05, 0.1) is 49.9 Å². The van der Waals surface area contributed by atoms with Crippen molar-refractivity contribution in [3.05, 3.63) is 119 Å². The Morgan fingerprint density at radius 1 is 0.568 bits per heavy atom. The van der Waals surface area contributed by atoms with Crippen LogP contribution in [-0.2, 0) is 25.6 Å². The van der Waals surface area contributed by atoms with Crippen LogP contribution in [0, 0.1) is 6.92 Å². The minimum atomic E-state index is -1.42. The first-order valence-electron chi connectivity index (χ1n) is 25.8. The molecule has 0 saturated heterocycles. The fourth-order valence-electron chi connectivity index (χ4n) is 9.49. The van der Waals surface area contributed by atoms with E-state index in [9.17, 15) is 19.2 Å². The van der Waals surface area contributed by atoms with Crippen LogP contribution in [0.5, 0.6) is 23.0 Å². The SMILES string of the molecule is COc1ccc(C2=CN3C(=O)c4cc(C)c(OCCCCCOc5cc6c(cc5OC)C(=O)N5C=C(c7ccc(CN)cc7)C[C@H]5C(=O)N6COCC[Si](C)(C)C)cc4N(COCC[Si](C)(C)C)C(=O)[C@@H]3C2)cc1. The molecule has 0 radical (unpaired) electrons. The standard InChI is InChI=1S/C57H73N5O10Si2/c1-38-27-45-47(61(36-69-23-25-73(4,5)6)56(65)49-29-43(35-59(49)54(45)63)41-17-19-44(67-2)20-18-41)31-51(38)71-21-11-10-12-22-72-53-32-48-46(30-52(53)68-3)55(64)60-34-42(40-15-13-39(33-58)14-16-40)28-50(60)57(66)62(48)37-70-24-26-74(7,8)9/h13-20,27,30-32,34-35,49-50H,10-12,21-26,28-29,33,36-37,58H2,1-9H3/t49-,50-/m0/s1. The summed E-state index contributed by atoms with van der Waals surface area (Å²) in [6, 6.07) is 22.9. The lowest BCUT2D eigenvalue weighted by Gasteiger charge is -2.27. The van der Waals surface area contributed by atoms with Gasteiger partial charge in [0.1, 0.15) is 37.0 Å². The maximum absolute atomic E-state index is 14.6. The number of anilines is 2. The number of nitrogens with zero attached hydrogens (tertiary/aromatic N) is 4. The molecule has 0 unspecified atom stereocenters. The molecule has 0 aliphatic carbocycles. The number of benzene rings is 4. The normalized spacial score (nSPS) is 17.6. The van der Waals surface area contributed by atoms with Crippen molar-refractivity contribution in [1.29, 1.82) is 0 Å². The molecule has 2 N–H and O–H groups in total. The minimum Gasteiger partial charge on any atom is -0.497 e. The van der Waals surface area contributed by atoms with E-state index >= 15 is 0 Å². The number of hydrogen-bond donors (Lipinski definition) is 1. The lowest BCUT2D eigenvalue weighted by Crippen LogP contribution is -2.45. The number of rotatable bonds is 23. The molecule has 74 heavy (non-hydrogen) atoms. The average Bonchev–Trinajstić information content (AvgIpc) is 4.01. The molecular formula is C57H73N5O10Si2. The van der Waals surface area contributed by atoms with Crippen LogP contribution in [-0.4, -0.2) is 116 Å². The van der Waals surface area contributed by atoms with Crippen molar-refractivity contribution >= 4 is 62.3 Å². The summed E-state index contributed by atoms with van der Waals surface area (Å²) in [7, 11) is 0.325. The summed E-state index contributed by atoms with van der Waals surface area (Å²) in [5, 5.41) is 0. The van der Waals surface area contributed by atoms with E-state index in [1.807, 2.05) is 67.6 Å². The van der Waals surface area contributed by atoms with E-state index in [2.05, 4.69) is 39.3 Å². The highest BCUT2D eigenvalue weighted by Gasteiger charge is 2.45. The number of carbonyl (C=O) groups excluding carboxylic acids is 4. The Bertz CT molecular complexity index is 2790. The number of nitrogens with two attached hydrogens (primary N) is 1. The van der Waals surface area contributed by atoms with E-state index in [0.29, 0.717) is 98.4 Å². The Hall–Kier alpha value is -6.25. The van der Waals surface area contributed by atoms with Gasteiger partial charge in [0, 0.05) is 73.3 Å². The molecule has 4 aromatic carbocycles. The molecule has 2 atom stereocenters. The van der Waals surface area contributed by atoms with Crippen molar-refractivity contribution in [2.24, 2.45) is 5.73 Å². The van der Waals surface area contributed by atoms with Gasteiger partial charge in [0.25, 0.3) is 23.6 Å². The zero-order valence-corrected chi connectivity index (χ0v) is 46.6. The Balaban J connectivity index is 0.939. The highest BCUT2D eigenvalue weighted by molar-refractivity contribution is 6.76. The van der Waals surface area contributed by atoms with Crippen LogP contribution in [0.4, 0.5) is 11.4 Å².